The highest BCUT2D eigenvalue weighted by Gasteiger charge is 2.13. The minimum absolute atomic E-state index is 0.226. The van der Waals surface area contributed by atoms with Crippen LogP contribution >= 0.6 is 0 Å². The van der Waals surface area contributed by atoms with Crippen LogP contribution in [-0.4, -0.2) is 27.2 Å². The second-order valence-electron chi connectivity index (χ2n) is 2.83. The fourth-order valence-corrected chi connectivity index (χ4v) is 0.482. The molecule has 0 saturated carbocycles. The lowest BCUT2D eigenvalue weighted by atomic mass is 10.0. The predicted octanol–water partition coefficient (Wildman–Crippen LogP) is -0.152. The molecule has 3 nitrogen and oxygen atoms in total. The maximum Gasteiger partial charge on any atom is 0.151 e. The first-order valence-corrected chi connectivity index (χ1v) is 3.00. The Balaban J connectivity index is 3.28. The summed E-state index contributed by atoms with van der Waals surface area (Å²) in [6.45, 7) is 3.27. The van der Waals surface area contributed by atoms with Gasteiger partial charge in [0.15, 0.2) is 6.29 Å². The Morgan fingerprint density at radius 2 is 1.78 bits per heavy atom. The number of rotatable bonds is 3. The summed E-state index contributed by atoms with van der Waals surface area (Å²) in [6.07, 6.45) is -0.662. The van der Waals surface area contributed by atoms with E-state index in [4.69, 9.17) is 15.3 Å². The van der Waals surface area contributed by atoms with Crippen molar-refractivity contribution in [2.45, 2.75) is 38.6 Å². The molecule has 0 saturated heterocycles. The van der Waals surface area contributed by atoms with Crippen LogP contribution in [0.15, 0.2) is 0 Å². The zero-order chi connectivity index (χ0) is 7.49. The molecule has 0 aromatic heterocycles. The summed E-state index contributed by atoms with van der Waals surface area (Å²) < 4.78 is 0. The standard InChI is InChI=1S/C6H14O3/c1-6(2,9)4-3-5(7)8/h5,7-9H,3-4H2,1-2H3. The first-order chi connectivity index (χ1) is 3.92. The van der Waals surface area contributed by atoms with Crippen molar-refractivity contribution in [2.24, 2.45) is 0 Å². The third-order valence-corrected chi connectivity index (χ3v) is 1.01. The van der Waals surface area contributed by atoms with Gasteiger partial charge in [0, 0.05) is 6.42 Å². The average Bonchev–Trinajstić information content (AvgIpc) is 1.59. The highest BCUT2D eigenvalue weighted by Crippen LogP contribution is 2.10. The number of aliphatic hydroxyl groups is 3. The lowest BCUT2D eigenvalue weighted by Crippen LogP contribution is -2.21. The van der Waals surface area contributed by atoms with E-state index in [0.717, 1.165) is 0 Å². The zero-order valence-electron chi connectivity index (χ0n) is 5.83. The minimum Gasteiger partial charge on any atom is -0.390 e. The van der Waals surface area contributed by atoms with Crippen molar-refractivity contribution in [1.82, 2.24) is 0 Å². The number of hydrogen-bond acceptors (Lipinski definition) is 3. The number of hydrogen-bond donors (Lipinski definition) is 3. The van der Waals surface area contributed by atoms with E-state index < -0.39 is 11.9 Å². The highest BCUT2D eigenvalue weighted by atomic mass is 16.5. The van der Waals surface area contributed by atoms with Crippen LogP contribution in [-0.2, 0) is 0 Å². The lowest BCUT2D eigenvalue weighted by molar-refractivity contribution is -0.0612. The van der Waals surface area contributed by atoms with Crippen molar-refractivity contribution >= 4 is 0 Å². The SMILES string of the molecule is CC(C)(O)CCC(O)O. The summed E-state index contributed by atoms with van der Waals surface area (Å²) in [5.74, 6) is 0. The molecule has 0 spiro atoms. The molecule has 0 amide bonds. The Kier molecular flexibility index (Phi) is 3.11. The van der Waals surface area contributed by atoms with E-state index in [1.807, 2.05) is 0 Å². The van der Waals surface area contributed by atoms with Crippen molar-refractivity contribution in [3.05, 3.63) is 0 Å². The van der Waals surface area contributed by atoms with Crippen LogP contribution in [0.4, 0.5) is 0 Å². The summed E-state index contributed by atoms with van der Waals surface area (Å²) in [5.41, 5.74) is -0.788. The summed E-state index contributed by atoms with van der Waals surface area (Å²) in [6, 6.07) is 0. The van der Waals surface area contributed by atoms with Gasteiger partial charge in [-0.1, -0.05) is 0 Å². The molecule has 0 heterocycles. The van der Waals surface area contributed by atoms with Gasteiger partial charge in [-0.05, 0) is 20.3 Å². The van der Waals surface area contributed by atoms with E-state index in [1.54, 1.807) is 13.8 Å². The largest absolute Gasteiger partial charge is 0.390 e. The van der Waals surface area contributed by atoms with Crippen molar-refractivity contribution in [1.29, 1.82) is 0 Å². The van der Waals surface area contributed by atoms with E-state index in [0.29, 0.717) is 6.42 Å². The maximum absolute atomic E-state index is 9.04. The van der Waals surface area contributed by atoms with Gasteiger partial charge in [-0.2, -0.15) is 0 Å². The monoisotopic (exact) mass is 134 g/mol. The van der Waals surface area contributed by atoms with E-state index in [-0.39, 0.29) is 6.42 Å². The molecule has 0 aliphatic heterocycles. The van der Waals surface area contributed by atoms with Crippen LogP contribution in [0.5, 0.6) is 0 Å². The normalized spacial score (nSPS) is 12.7. The molecule has 0 aromatic carbocycles. The van der Waals surface area contributed by atoms with Gasteiger partial charge in [-0.3, -0.25) is 0 Å². The van der Waals surface area contributed by atoms with Crippen molar-refractivity contribution in [3.63, 3.8) is 0 Å². The quantitative estimate of drug-likeness (QED) is 0.470. The fourth-order valence-electron chi connectivity index (χ4n) is 0.482. The van der Waals surface area contributed by atoms with Crippen LogP contribution in [0.1, 0.15) is 26.7 Å². The van der Waals surface area contributed by atoms with Crippen molar-refractivity contribution < 1.29 is 15.3 Å². The zero-order valence-corrected chi connectivity index (χ0v) is 5.83. The molecular formula is C6H14O3. The van der Waals surface area contributed by atoms with Crippen LogP contribution < -0.4 is 0 Å². The molecule has 0 unspecified atom stereocenters. The molecular weight excluding hydrogens is 120 g/mol. The first-order valence-electron chi connectivity index (χ1n) is 3.00. The molecule has 0 aromatic rings. The van der Waals surface area contributed by atoms with E-state index in [1.165, 1.54) is 0 Å². The summed E-state index contributed by atoms with van der Waals surface area (Å²) >= 11 is 0. The van der Waals surface area contributed by atoms with Gasteiger partial charge in [0.05, 0.1) is 5.60 Å². The van der Waals surface area contributed by atoms with Crippen LogP contribution in [0, 0.1) is 0 Å². The van der Waals surface area contributed by atoms with Gasteiger partial charge in [0.2, 0.25) is 0 Å². The molecule has 3 heteroatoms. The van der Waals surface area contributed by atoms with Gasteiger partial charge >= 0.3 is 0 Å². The fraction of sp³-hybridized carbons (Fsp3) is 1.00. The van der Waals surface area contributed by atoms with E-state index >= 15 is 0 Å². The molecule has 3 N–H and O–H groups in total. The van der Waals surface area contributed by atoms with Gasteiger partial charge < -0.3 is 15.3 Å². The van der Waals surface area contributed by atoms with Crippen molar-refractivity contribution in [2.75, 3.05) is 0 Å². The van der Waals surface area contributed by atoms with E-state index in [9.17, 15) is 0 Å². The molecule has 0 radical (unpaired) electrons. The van der Waals surface area contributed by atoms with Crippen LogP contribution in [0.2, 0.25) is 0 Å². The Bertz CT molecular complexity index is 72.9. The van der Waals surface area contributed by atoms with Gasteiger partial charge in [0.1, 0.15) is 0 Å². The molecule has 0 bridgehead atoms. The maximum atomic E-state index is 9.04. The van der Waals surface area contributed by atoms with Gasteiger partial charge in [0.25, 0.3) is 0 Å². The summed E-state index contributed by atoms with van der Waals surface area (Å²) in [5, 5.41) is 25.8. The Morgan fingerprint density at radius 3 is 1.89 bits per heavy atom. The Hall–Kier alpha value is -0.120. The molecule has 0 rings (SSSR count). The van der Waals surface area contributed by atoms with Gasteiger partial charge in [-0.25, -0.2) is 0 Å². The Morgan fingerprint density at radius 1 is 1.33 bits per heavy atom. The predicted molar refractivity (Wildman–Crippen MR) is 33.8 cm³/mol. The van der Waals surface area contributed by atoms with Gasteiger partial charge in [-0.15, -0.1) is 0 Å². The molecule has 9 heavy (non-hydrogen) atoms. The summed E-state index contributed by atoms with van der Waals surface area (Å²) in [7, 11) is 0. The van der Waals surface area contributed by atoms with E-state index in [2.05, 4.69) is 0 Å². The first kappa shape index (κ1) is 8.88. The second kappa shape index (κ2) is 3.15. The van der Waals surface area contributed by atoms with Crippen LogP contribution in [0.3, 0.4) is 0 Å². The molecule has 56 valence electrons. The molecule has 0 aliphatic rings. The van der Waals surface area contributed by atoms with Crippen molar-refractivity contribution in [3.8, 4) is 0 Å². The third-order valence-electron chi connectivity index (χ3n) is 1.01. The summed E-state index contributed by atoms with van der Waals surface area (Å²) in [4.78, 5) is 0. The Labute approximate surface area is 54.9 Å². The lowest BCUT2D eigenvalue weighted by Gasteiger charge is -2.16. The minimum atomic E-state index is -1.29. The molecule has 0 fully saturated rings. The second-order valence-corrected chi connectivity index (χ2v) is 2.83. The third kappa shape index (κ3) is 7.88. The van der Waals surface area contributed by atoms with Crippen LogP contribution in [0.25, 0.3) is 0 Å². The molecule has 0 atom stereocenters. The topological polar surface area (TPSA) is 60.7 Å². The highest BCUT2D eigenvalue weighted by molar-refractivity contribution is 4.64. The molecule has 0 aliphatic carbocycles. The number of aliphatic hydroxyl groups excluding tert-OH is 1. The average molecular weight is 134 g/mol. The smallest absolute Gasteiger partial charge is 0.151 e.